The molecule has 0 aliphatic carbocycles. The average Bonchev–Trinajstić information content (AvgIpc) is 3.16. The van der Waals surface area contributed by atoms with Crippen molar-refractivity contribution in [2.24, 2.45) is 0 Å². The molecule has 0 bridgehead atoms. The summed E-state index contributed by atoms with van der Waals surface area (Å²) in [6.45, 7) is 2.56. The molecule has 3 rings (SSSR count). The van der Waals surface area contributed by atoms with Gasteiger partial charge in [-0.1, -0.05) is 23.9 Å². The summed E-state index contributed by atoms with van der Waals surface area (Å²) >= 11 is 1.35. The maximum atomic E-state index is 12.1. The Kier molecular flexibility index (Phi) is 6.77. The van der Waals surface area contributed by atoms with Crippen molar-refractivity contribution < 1.29 is 14.3 Å². The van der Waals surface area contributed by atoms with Crippen LogP contribution in [0.5, 0.6) is 11.5 Å². The second-order valence-electron chi connectivity index (χ2n) is 6.38. The van der Waals surface area contributed by atoms with Gasteiger partial charge in [0.1, 0.15) is 11.5 Å². The molecule has 0 saturated carbocycles. The smallest absolute Gasteiger partial charge is 0.232 e. The van der Waals surface area contributed by atoms with E-state index in [-0.39, 0.29) is 11.7 Å². The molecule has 152 valence electrons. The minimum atomic E-state index is 0.0131. The van der Waals surface area contributed by atoms with Crippen molar-refractivity contribution in [3.8, 4) is 28.6 Å². The lowest BCUT2D eigenvalue weighted by molar-refractivity contribution is -0.125. The summed E-state index contributed by atoms with van der Waals surface area (Å²) in [5.41, 5.74) is 1.76. The van der Waals surface area contributed by atoms with E-state index in [0.29, 0.717) is 17.6 Å². The van der Waals surface area contributed by atoms with Crippen molar-refractivity contribution in [2.45, 2.75) is 12.1 Å². The number of rotatable bonds is 8. The van der Waals surface area contributed by atoms with Crippen molar-refractivity contribution in [3.63, 3.8) is 0 Å². The number of carbonyl (C=O) groups excluding carboxylic acids is 1. The third-order valence-electron chi connectivity index (χ3n) is 4.19. The minimum absolute atomic E-state index is 0.0131. The van der Waals surface area contributed by atoms with Gasteiger partial charge < -0.3 is 14.4 Å². The van der Waals surface area contributed by atoms with E-state index >= 15 is 0 Å². The predicted octanol–water partition coefficient (Wildman–Crippen LogP) is 3.52. The lowest BCUT2D eigenvalue weighted by atomic mass is 10.2. The van der Waals surface area contributed by atoms with Gasteiger partial charge in [-0.3, -0.25) is 9.36 Å². The standard InChI is InChI=1S/C21H24N4O3S/c1-5-28-17-11-9-16(10-12-17)25-20(15-7-6-8-18(13-15)27-4)22-23-21(25)29-14-19(26)24(2)3/h6-13H,5,14H2,1-4H3. The highest BCUT2D eigenvalue weighted by Gasteiger charge is 2.18. The number of aromatic nitrogens is 3. The first kappa shape index (κ1) is 20.7. The Morgan fingerprint density at radius 1 is 1.10 bits per heavy atom. The van der Waals surface area contributed by atoms with Crippen molar-refractivity contribution >= 4 is 17.7 Å². The van der Waals surface area contributed by atoms with Crippen LogP contribution in [0.25, 0.3) is 17.1 Å². The molecular formula is C21H24N4O3S. The fraction of sp³-hybridized carbons (Fsp3) is 0.286. The van der Waals surface area contributed by atoms with Gasteiger partial charge in [0, 0.05) is 25.3 Å². The average molecular weight is 413 g/mol. The van der Waals surface area contributed by atoms with Crippen molar-refractivity contribution in [2.75, 3.05) is 33.6 Å². The lowest BCUT2D eigenvalue weighted by Gasteiger charge is -2.13. The Morgan fingerprint density at radius 3 is 2.52 bits per heavy atom. The fourth-order valence-corrected chi connectivity index (χ4v) is 3.59. The van der Waals surface area contributed by atoms with E-state index in [0.717, 1.165) is 22.7 Å². The minimum Gasteiger partial charge on any atom is -0.497 e. The van der Waals surface area contributed by atoms with Crippen LogP contribution in [0.1, 0.15) is 6.92 Å². The van der Waals surface area contributed by atoms with Gasteiger partial charge in [0.25, 0.3) is 0 Å². The molecule has 1 heterocycles. The molecule has 8 heteroatoms. The third kappa shape index (κ3) is 4.89. The van der Waals surface area contributed by atoms with Gasteiger partial charge in [-0.15, -0.1) is 10.2 Å². The summed E-state index contributed by atoms with van der Waals surface area (Å²) in [7, 11) is 5.11. The summed E-state index contributed by atoms with van der Waals surface area (Å²) in [6, 6.07) is 15.4. The van der Waals surface area contributed by atoms with Crippen LogP contribution in [0, 0.1) is 0 Å². The van der Waals surface area contributed by atoms with Crippen molar-refractivity contribution in [3.05, 3.63) is 48.5 Å². The highest BCUT2D eigenvalue weighted by molar-refractivity contribution is 7.99. The normalized spacial score (nSPS) is 10.6. The number of carbonyl (C=O) groups is 1. The van der Waals surface area contributed by atoms with E-state index in [1.165, 1.54) is 11.8 Å². The number of hydrogen-bond acceptors (Lipinski definition) is 6. The Morgan fingerprint density at radius 2 is 1.86 bits per heavy atom. The second-order valence-corrected chi connectivity index (χ2v) is 7.32. The van der Waals surface area contributed by atoms with E-state index in [1.807, 2.05) is 60.0 Å². The molecule has 0 radical (unpaired) electrons. The zero-order valence-corrected chi connectivity index (χ0v) is 17.8. The number of hydrogen-bond donors (Lipinski definition) is 0. The van der Waals surface area contributed by atoms with Crippen molar-refractivity contribution in [1.29, 1.82) is 0 Å². The molecule has 0 spiro atoms. The number of amides is 1. The number of ether oxygens (including phenoxy) is 2. The Labute approximate surface area is 174 Å². The van der Waals surface area contributed by atoms with Gasteiger partial charge in [-0.05, 0) is 43.3 Å². The number of nitrogens with zero attached hydrogens (tertiary/aromatic N) is 4. The number of benzene rings is 2. The van der Waals surface area contributed by atoms with Gasteiger partial charge in [-0.25, -0.2) is 0 Å². The number of thioether (sulfide) groups is 1. The van der Waals surface area contributed by atoms with Crippen LogP contribution in [0.4, 0.5) is 0 Å². The SMILES string of the molecule is CCOc1ccc(-n2c(SCC(=O)N(C)C)nnc2-c2cccc(OC)c2)cc1. The molecular weight excluding hydrogens is 388 g/mol. The molecule has 7 nitrogen and oxygen atoms in total. The maximum absolute atomic E-state index is 12.1. The largest absolute Gasteiger partial charge is 0.497 e. The van der Waals surface area contributed by atoms with Crippen molar-refractivity contribution in [1.82, 2.24) is 19.7 Å². The van der Waals surface area contributed by atoms with Gasteiger partial charge in [-0.2, -0.15) is 0 Å². The van der Waals surface area contributed by atoms with E-state index in [1.54, 1.807) is 26.1 Å². The first-order valence-corrected chi connectivity index (χ1v) is 10.2. The molecule has 1 amide bonds. The Balaban J connectivity index is 2.03. The Bertz CT molecular complexity index is 970. The highest BCUT2D eigenvalue weighted by atomic mass is 32.2. The Hall–Kier alpha value is -3.00. The number of methoxy groups -OCH3 is 1. The molecule has 0 atom stereocenters. The van der Waals surface area contributed by atoms with Gasteiger partial charge in [0.15, 0.2) is 11.0 Å². The molecule has 29 heavy (non-hydrogen) atoms. The molecule has 3 aromatic rings. The molecule has 0 unspecified atom stereocenters. The van der Waals surface area contributed by atoms with Crippen LogP contribution in [-0.4, -0.2) is 59.1 Å². The molecule has 0 N–H and O–H groups in total. The summed E-state index contributed by atoms with van der Waals surface area (Å²) in [4.78, 5) is 13.6. The van der Waals surface area contributed by atoms with Gasteiger partial charge >= 0.3 is 0 Å². The first-order chi connectivity index (χ1) is 14.0. The summed E-state index contributed by atoms with van der Waals surface area (Å²) < 4.78 is 12.8. The molecule has 0 aliphatic rings. The molecule has 2 aromatic carbocycles. The van der Waals surface area contributed by atoms with E-state index in [2.05, 4.69) is 10.2 Å². The van der Waals surface area contributed by atoms with Gasteiger partial charge in [0.2, 0.25) is 5.91 Å². The molecule has 0 aliphatic heterocycles. The van der Waals surface area contributed by atoms with E-state index in [4.69, 9.17) is 9.47 Å². The zero-order chi connectivity index (χ0) is 20.8. The van der Waals surface area contributed by atoms with Crippen LogP contribution in [-0.2, 0) is 4.79 Å². The van der Waals surface area contributed by atoms with Crippen LogP contribution in [0.3, 0.4) is 0 Å². The molecule has 0 saturated heterocycles. The predicted molar refractivity (Wildman–Crippen MR) is 114 cm³/mol. The second kappa shape index (κ2) is 9.47. The van der Waals surface area contributed by atoms with E-state index < -0.39 is 0 Å². The monoisotopic (exact) mass is 412 g/mol. The topological polar surface area (TPSA) is 69.5 Å². The van der Waals surface area contributed by atoms with Crippen LogP contribution >= 0.6 is 11.8 Å². The van der Waals surface area contributed by atoms with Crippen LogP contribution < -0.4 is 9.47 Å². The zero-order valence-electron chi connectivity index (χ0n) is 17.0. The van der Waals surface area contributed by atoms with Crippen LogP contribution in [0.15, 0.2) is 53.7 Å². The molecule has 1 aromatic heterocycles. The first-order valence-electron chi connectivity index (χ1n) is 9.19. The van der Waals surface area contributed by atoms with Crippen LogP contribution in [0.2, 0.25) is 0 Å². The molecule has 0 fully saturated rings. The third-order valence-corrected chi connectivity index (χ3v) is 5.10. The lowest BCUT2D eigenvalue weighted by Crippen LogP contribution is -2.23. The highest BCUT2D eigenvalue weighted by Crippen LogP contribution is 2.30. The fourth-order valence-electron chi connectivity index (χ4n) is 2.66. The maximum Gasteiger partial charge on any atom is 0.232 e. The quantitative estimate of drug-likeness (QED) is 0.527. The van der Waals surface area contributed by atoms with Gasteiger partial charge in [0.05, 0.1) is 19.5 Å². The summed E-state index contributed by atoms with van der Waals surface area (Å²) in [5, 5.41) is 9.39. The van der Waals surface area contributed by atoms with E-state index in [9.17, 15) is 4.79 Å². The summed E-state index contributed by atoms with van der Waals surface area (Å²) in [6.07, 6.45) is 0. The summed E-state index contributed by atoms with van der Waals surface area (Å²) in [5.74, 6) is 2.50.